The molecule has 3 aromatic carbocycles. The number of amides is 1. The second-order valence-corrected chi connectivity index (χ2v) is 10.4. The number of benzene rings is 3. The van der Waals surface area contributed by atoms with E-state index in [0.717, 1.165) is 71.1 Å². The first kappa shape index (κ1) is 25.7. The van der Waals surface area contributed by atoms with Gasteiger partial charge in [0, 0.05) is 23.2 Å². The number of carbonyl (C=O) groups is 2. The minimum atomic E-state index is -0.688. The van der Waals surface area contributed by atoms with Gasteiger partial charge in [-0.05, 0) is 91.3 Å². The van der Waals surface area contributed by atoms with Crippen LogP contribution in [-0.4, -0.2) is 22.0 Å². The van der Waals surface area contributed by atoms with E-state index in [1.165, 1.54) is 5.56 Å². The van der Waals surface area contributed by atoms with Gasteiger partial charge in [0.15, 0.2) is 0 Å². The van der Waals surface area contributed by atoms with Crippen LogP contribution in [0.4, 0.5) is 5.69 Å². The normalized spacial score (nSPS) is 17.3. The minimum Gasteiger partial charge on any atom is -0.481 e. The Balaban J connectivity index is 1.35. The molecular weight excluding hydrogens is 472 g/mol. The Bertz CT molecular complexity index is 1470. The molecule has 0 unspecified atom stereocenters. The number of hydrogen-bond acceptors (Lipinski definition) is 3. The van der Waals surface area contributed by atoms with Crippen LogP contribution in [0, 0.1) is 12.8 Å². The minimum absolute atomic E-state index is 0.128. The van der Waals surface area contributed by atoms with Gasteiger partial charge in [-0.15, -0.1) is 0 Å². The smallest absolute Gasteiger partial charge is 0.303 e. The molecule has 0 aliphatic heterocycles. The Morgan fingerprint density at radius 3 is 2.34 bits per heavy atom. The van der Waals surface area contributed by atoms with Crippen LogP contribution in [-0.2, 0) is 11.2 Å². The van der Waals surface area contributed by atoms with E-state index >= 15 is 0 Å². The fraction of sp³-hybridized carbons (Fsp3) is 0.303. The summed E-state index contributed by atoms with van der Waals surface area (Å²) in [6.45, 7) is 4.00. The van der Waals surface area contributed by atoms with Gasteiger partial charge >= 0.3 is 5.97 Å². The van der Waals surface area contributed by atoms with Crippen molar-refractivity contribution in [3.8, 4) is 11.1 Å². The number of rotatable bonds is 7. The van der Waals surface area contributed by atoms with Crippen LogP contribution in [0.5, 0.6) is 0 Å². The van der Waals surface area contributed by atoms with Crippen molar-refractivity contribution in [3.63, 3.8) is 0 Å². The largest absolute Gasteiger partial charge is 0.481 e. The highest BCUT2D eigenvalue weighted by molar-refractivity contribution is 6.13. The third-order valence-electron chi connectivity index (χ3n) is 7.85. The number of nitrogens with zero attached hydrogens (tertiary/aromatic N) is 1. The van der Waals surface area contributed by atoms with E-state index in [4.69, 9.17) is 10.1 Å². The molecule has 1 aromatic heterocycles. The number of aliphatic carboxylic acids is 1. The topological polar surface area (TPSA) is 79.3 Å². The maximum Gasteiger partial charge on any atom is 0.303 e. The molecule has 0 bridgehead atoms. The van der Waals surface area contributed by atoms with E-state index in [2.05, 4.69) is 48.6 Å². The van der Waals surface area contributed by atoms with Crippen LogP contribution in [0.25, 0.3) is 22.0 Å². The molecule has 5 rings (SSSR count). The van der Waals surface area contributed by atoms with Crippen molar-refractivity contribution in [1.82, 2.24) is 4.98 Å². The summed E-state index contributed by atoms with van der Waals surface area (Å²) >= 11 is 0. The van der Waals surface area contributed by atoms with Gasteiger partial charge in [0.1, 0.15) is 0 Å². The lowest BCUT2D eigenvalue weighted by molar-refractivity contribution is -0.138. The number of hydrogen-bond donors (Lipinski definition) is 2. The first-order valence-corrected chi connectivity index (χ1v) is 13.5. The number of fused-ring (bicyclic) bond motifs is 1. The molecule has 4 aromatic rings. The number of nitrogens with one attached hydrogen (secondary N) is 1. The molecule has 0 atom stereocenters. The van der Waals surface area contributed by atoms with Crippen LogP contribution in [0.15, 0.2) is 72.8 Å². The number of carbonyl (C=O) groups excluding carboxylic acids is 1. The second kappa shape index (κ2) is 11.2. The maximum absolute atomic E-state index is 13.3. The first-order chi connectivity index (χ1) is 18.4. The highest BCUT2D eigenvalue weighted by atomic mass is 16.4. The molecule has 1 aliphatic rings. The highest BCUT2D eigenvalue weighted by Gasteiger charge is 2.24. The third-order valence-corrected chi connectivity index (χ3v) is 7.85. The van der Waals surface area contributed by atoms with Crippen LogP contribution >= 0.6 is 0 Å². The molecular formula is C33H34N2O3. The summed E-state index contributed by atoms with van der Waals surface area (Å²) in [5, 5.41) is 13.0. The Labute approximate surface area is 223 Å². The molecule has 0 saturated heterocycles. The van der Waals surface area contributed by atoms with E-state index in [0.29, 0.717) is 17.4 Å². The zero-order valence-electron chi connectivity index (χ0n) is 22.0. The number of aryl methyl sites for hydroxylation is 2. The summed E-state index contributed by atoms with van der Waals surface area (Å²) in [4.78, 5) is 29.1. The summed E-state index contributed by atoms with van der Waals surface area (Å²) in [5.41, 5.74) is 7.68. The Kier molecular flexibility index (Phi) is 7.54. The lowest BCUT2D eigenvalue weighted by Crippen LogP contribution is -2.16. The molecule has 2 N–H and O–H groups in total. The number of carboxylic acid groups (broad SMARTS) is 1. The van der Waals surface area contributed by atoms with E-state index in [9.17, 15) is 9.59 Å². The van der Waals surface area contributed by atoms with E-state index in [1.807, 2.05) is 43.3 Å². The zero-order chi connectivity index (χ0) is 26.6. The monoisotopic (exact) mass is 506 g/mol. The Morgan fingerprint density at radius 2 is 1.63 bits per heavy atom. The fourth-order valence-electron chi connectivity index (χ4n) is 5.76. The average Bonchev–Trinajstić information content (AvgIpc) is 2.92. The van der Waals surface area contributed by atoms with Crippen molar-refractivity contribution in [2.45, 2.75) is 58.3 Å². The van der Waals surface area contributed by atoms with Gasteiger partial charge in [0.05, 0.1) is 11.1 Å². The van der Waals surface area contributed by atoms with Gasteiger partial charge in [-0.1, -0.05) is 61.5 Å². The predicted octanol–water partition coefficient (Wildman–Crippen LogP) is 7.77. The molecule has 5 heteroatoms. The van der Waals surface area contributed by atoms with E-state index < -0.39 is 5.97 Å². The standard InChI is InChI=1S/C33H34N2O3/c1-3-23-6-4-5-7-30(23)35-33(38)29-18-21(2)34-31-20-27(16-17-28(29)31)26-14-12-25(13-15-26)24-10-8-22(9-11-24)19-32(36)37/h4-7,12-18,20,22,24H,3,8-11,19H2,1-2H3,(H,35,38)(H,36,37). The first-order valence-electron chi connectivity index (χ1n) is 13.5. The molecule has 38 heavy (non-hydrogen) atoms. The number of anilines is 1. The number of carboxylic acids is 1. The fourth-order valence-corrected chi connectivity index (χ4v) is 5.76. The summed E-state index contributed by atoms with van der Waals surface area (Å²) in [7, 11) is 0. The van der Waals surface area contributed by atoms with Crippen molar-refractivity contribution in [2.75, 3.05) is 5.32 Å². The maximum atomic E-state index is 13.3. The molecule has 1 fully saturated rings. The summed E-state index contributed by atoms with van der Waals surface area (Å²) in [5.74, 6) is -0.0112. The zero-order valence-corrected chi connectivity index (χ0v) is 22.0. The van der Waals surface area contributed by atoms with E-state index in [1.54, 1.807) is 0 Å². The molecule has 1 amide bonds. The molecule has 1 saturated carbocycles. The summed E-state index contributed by atoms with van der Waals surface area (Å²) in [6.07, 6.45) is 5.19. The van der Waals surface area contributed by atoms with Crippen LogP contribution in [0.3, 0.4) is 0 Å². The number of aromatic nitrogens is 1. The number of para-hydroxylation sites is 1. The molecule has 1 heterocycles. The summed E-state index contributed by atoms with van der Waals surface area (Å²) < 4.78 is 0. The van der Waals surface area contributed by atoms with Gasteiger partial charge in [-0.3, -0.25) is 14.6 Å². The quantitative estimate of drug-likeness (QED) is 0.268. The molecule has 0 radical (unpaired) electrons. The van der Waals surface area contributed by atoms with Crippen molar-refractivity contribution < 1.29 is 14.7 Å². The van der Waals surface area contributed by atoms with Crippen molar-refractivity contribution in [3.05, 3.63) is 95.2 Å². The number of pyridine rings is 1. The van der Waals surface area contributed by atoms with Crippen molar-refractivity contribution >= 4 is 28.5 Å². The van der Waals surface area contributed by atoms with Gasteiger partial charge in [-0.2, -0.15) is 0 Å². The third kappa shape index (κ3) is 5.62. The molecule has 5 nitrogen and oxygen atoms in total. The van der Waals surface area contributed by atoms with Crippen molar-refractivity contribution in [2.24, 2.45) is 5.92 Å². The average molecular weight is 507 g/mol. The van der Waals surface area contributed by atoms with Gasteiger partial charge < -0.3 is 10.4 Å². The predicted molar refractivity (Wildman–Crippen MR) is 153 cm³/mol. The SMILES string of the molecule is CCc1ccccc1NC(=O)c1cc(C)nc2cc(-c3ccc(C4CCC(CC(=O)O)CC4)cc3)ccc12. The van der Waals surface area contributed by atoms with Crippen LogP contribution in [0.1, 0.15) is 72.1 Å². The van der Waals surface area contributed by atoms with Crippen LogP contribution in [0.2, 0.25) is 0 Å². The van der Waals surface area contributed by atoms with Gasteiger partial charge in [0.2, 0.25) is 0 Å². The molecule has 1 aliphatic carbocycles. The molecule has 194 valence electrons. The molecule has 0 spiro atoms. The van der Waals surface area contributed by atoms with Gasteiger partial charge in [0.25, 0.3) is 5.91 Å². The summed E-state index contributed by atoms with van der Waals surface area (Å²) in [6, 6.07) is 24.6. The van der Waals surface area contributed by atoms with Gasteiger partial charge in [-0.25, -0.2) is 0 Å². The highest BCUT2D eigenvalue weighted by Crippen LogP contribution is 2.38. The van der Waals surface area contributed by atoms with Crippen LogP contribution < -0.4 is 5.32 Å². The second-order valence-electron chi connectivity index (χ2n) is 10.4. The Hall–Kier alpha value is -3.99. The lowest BCUT2D eigenvalue weighted by Gasteiger charge is -2.28. The van der Waals surface area contributed by atoms with Crippen molar-refractivity contribution in [1.29, 1.82) is 0 Å². The lowest BCUT2D eigenvalue weighted by atomic mass is 9.77. The Morgan fingerprint density at radius 1 is 0.921 bits per heavy atom. The van der Waals surface area contributed by atoms with E-state index in [-0.39, 0.29) is 12.3 Å².